The van der Waals surface area contributed by atoms with E-state index in [1.165, 1.54) is 32.4 Å². The van der Waals surface area contributed by atoms with Gasteiger partial charge in [0.25, 0.3) is 0 Å². The molecule has 2 N–H and O–H groups in total. The minimum Gasteiger partial charge on any atom is -0.314 e. The number of rotatable bonds is 4. The number of hydrogen-bond acceptors (Lipinski definition) is 4. The van der Waals surface area contributed by atoms with Crippen LogP contribution in [0.4, 0.5) is 0 Å². The fourth-order valence-electron chi connectivity index (χ4n) is 3.36. The summed E-state index contributed by atoms with van der Waals surface area (Å²) in [5, 5.41) is 9.01. The van der Waals surface area contributed by atoms with Crippen molar-refractivity contribution in [3.05, 3.63) is 0 Å². The van der Waals surface area contributed by atoms with E-state index < -0.39 is 5.54 Å². The van der Waals surface area contributed by atoms with Gasteiger partial charge in [0, 0.05) is 25.2 Å². The molecule has 0 aromatic heterocycles. The highest BCUT2D eigenvalue weighted by Crippen LogP contribution is 2.24. The SMILES string of the molecule is CC(CC(C)(N)C#N)N1CCC(N2CCCC2)C1. The van der Waals surface area contributed by atoms with E-state index in [1.54, 1.807) is 0 Å². The maximum atomic E-state index is 9.01. The molecule has 2 rings (SSSR count). The van der Waals surface area contributed by atoms with Crippen LogP contribution in [0.3, 0.4) is 0 Å². The van der Waals surface area contributed by atoms with E-state index in [0.29, 0.717) is 6.04 Å². The van der Waals surface area contributed by atoms with E-state index in [2.05, 4.69) is 22.8 Å². The molecule has 3 unspecified atom stereocenters. The van der Waals surface area contributed by atoms with Gasteiger partial charge in [-0.1, -0.05) is 0 Å². The zero-order valence-corrected chi connectivity index (χ0v) is 11.7. The summed E-state index contributed by atoms with van der Waals surface area (Å²) < 4.78 is 0. The summed E-state index contributed by atoms with van der Waals surface area (Å²) in [4.78, 5) is 5.14. The minimum atomic E-state index is -0.689. The second-order valence-corrected chi connectivity index (χ2v) is 6.26. The highest BCUT2D eigenvalue weighted by molar-refractivity contribution is 5.03. The van der Waals surface area contributed by atoms with Crippen LogP contribution in [0, 0.1) is 11.3 Å². The van der Waals surface area contributed by atoms with Gasteiger partial charge in [0.15, 0.2) is 0 Å². The Bertz CT molecular complexity index is 314. The third-order valence-corrected chi connectivity index (χ3v) is 4.45. The summed E-state index contributed by atoms with van der Waals surface area (Å²) in [6.45, 7) is 8.90. The van der Waals surface area contributed by atoms with E-state index in [4.69, 9.17) is 11.0 Å². The molecule has 3 atom stereocenters. The normalized spacial score (nSPS) is 31.1. The number of nitriles is 1. The van der Waals surface area contributed by atoms with Crippen LogP contribution in [0.5, 0.6) is 0 Å². The van der Waals surface area contributed by atoms with Crippen molar-refractivity contribution in [2.24, 2.45) is 5.73 Å². The molecule has 0 aliphatic carbocycles. The largest absolute Gasteiger partial charge is 0.314 e. The zero-order chi connectivity index (χ0) is 13.2. The quantitative estimate of drug-likeness (QED) is 0.814. The molecule has 0 saturated carbocycles. The van der Waals surface area contributed by atoms with Crippen LogP contribution in [0.25, 0.3) is 0 Å². The first-order chi connectivity index (χ1) is 8.52. The summed E-state index contributed by atoms with van der Waals surface area (Å²) in [6, 6.07) is 3.35. The van der Waals surface area contributed by atoms with Gasteiger partial charge >= 0.3 is 0 Å². The van der Waals surface area contributed by atoms with E-state index in [0.717, 1.165) is 25.6 Å². The van der Waals surface area contributed by atoms with Gasteiger partial charge in [0.1, 0.15) is 5.54 Å². The smallest absolute Gasteiger partial charge is 0.102 e. The average Bonchev–Trinajstić information content (AvgIpc) is 2.99. The summed E-state index contributed by atoms with van der Waals surface area (Å²) in [6.07, 6.45) is 4.76. The van der Waals surface area contributed by atoms with Crippen molar-refractivity contribution < 1.29 is 0 Å². The monoisotopic (exact) mass is 250 g/mol. The Labute approximate surface area is 111 Å². The first-order valence-electron chi connectivity index (χ1n) is 7.20. The zero-order valence-electron chi connectivity index (χ0n) is 11.7. The Kier molecular flexibility index (Phi) is 4.26. The van der Waals surface area contributed by atoms with Crippen molar-refractivity contribution in [3.63, 3.8) is 0 Å². The average molecular weight is 250 g/mol. The van der Waals surface area contributed by atoms with Gasteiger partial charge in [-0.2, -0.15) is 5.26 Å². The molecular weight excluding hydrogens is 224 g/mol. The van der Waals surface area contributed by atoms with E-state index >= 15 is 0 Å². The lowest BCUT2D eigenvalue weighted by Crippen LogP contribution is -2.44. The third-order valence-electron chi connectivity index (χ3n) is 4.45. The second kappa shape index (κ2) is 5.56. The Morgan fingerprint density at radius 3 is 2.67 bits per heavy atom. The van der Waals surface area contributed by atoms with Crippen LogP contribution < -0.4 is 5.73 Å². The first kappa shape index (κ1) is 13.8. The molecule has 0 aromatic rings. The third kappa shape index (κ3) is 3.23. The predicted molar refractivity (Wildman–Crippen MR) is 73.1 cm³/mol. The van der Waals surface area contributed by atoms with E-state index in [-0.39, 0.29) is 0 Å². The standard InChI is InChI=1S/C14H26N4/c1-12(9-14(2,16)11-15)18-8-5-13(10-18)17-6-3-4-7-17/h12-13H,3-10,16H2,1-2H3. The maximum absolute atomic E-state index is 9.01. The van der Waals surface area contributed by atoms with Crippen LogP contribution in [0.2, 0.25) is 0 Å². The minimum absolute atomic E-state index is 0.409. The summed E-state index contributed by atoms with van der Waals surface area (Å²) >= 11 is 0. The van der Waals surface area contributed by atoms with Crippen LogP contribution in [0.15, 0.2) is 0 Å². The van der Waals surface area contributed by atoms with Crippen LogP contribution in [-0.4, -0.2) is 53.6 Å². The molecule has 2 saturated heterocycles. The lowest BCUT2D eigenvalue weighted by molar-refractivity contribution is 0.191. The fourth-order valence-corrected chi connectivity index (χ4v) is 3.36. The number of nitrogens with two attached hydrogens (primary N) is 1. The number of nitrogens with zero attached hydrogens (tertiary/aromatic N) is 3. The van der Waals surface area contributed by atoms with Gasteiger partial charge in [-0.15, -0.1) is 0 Å². The van der Waals surface area contributed by atoms with Crippen molar-refractivity contribution in [1.29, 1.82) is 5.26 Å². The molecule has 2 aliphatic heterocycles. The molecule has 2 aliphatic rings. The van der Waals surface area contributed by atoms with Gasteiger partial charge in [0.05, 0.1) is 6.07 Å². The lowest BCUT2D eigenvalue weighted by atomic mass is 9.96. The van der Waals surface area contributed by atoms with Gasteiger partial charge in [-0.25, -0.2) is 0 Å². The molecule has 0 bridgehead atoms. The molecule has 102 valence electrons. The number of likely N-dealkylation sites (tertiary alicyclic amines) is 2. The van der Waals surface area contributed by atoms with Crippen molar-refractivity contribution in [2.75, 3.05) is 26.2 Å². The summed E-state index contributed by atoms with van der Waals surface area (Å²) in [7, 11) is 0. The molecule has 18 heavy (non-hydrogen) atoms. The van der Waals surface area contributed by atoms with Gasteiger partial charge < -0.3 is 5.73 Å². The highest BCUT2D eigenvalue weighted by atomic mass is 15.3. The van der Waals surface area contributed by atoms with Gasteiger partial charge in [-0.3, -0.25) is 9.80 Å². The van der Waals surface area contributed by atoms with Crippen LogP contribution >= 0.6 is 0 Å². The van der Waals surface area contributed by atoms with Crippen molar-refractivity contribution in [2.45, 2.75) is 57.2 Å². The molecule has 2 heterocycles. The molecule has 0 spiro atoms. The molecule has 2 fully saturated rings. The van der Waals surface area contributed by atoms with Crippen LogP contribution in [0.1, 0.15) is 39.5 Å². The topological polar surface area (TPSA) is 56.3 Å². The maximum Gasteiger partial charge on any atom is 0.102 e. The summed E-state index contributed by atoms with van der Waals surface area (Å²) in [5.41, 5.74) is 5.25. The second-order valence-electron chi connectivity index (χ2n) is 6.26. The molecule has 4 nitrogen and oxygen atoms in total. The highest BCUT2D eigenvalue weighted by Gasteiger charge is 2.33. The Balaban J connectivity index is 1.83. The molecule has 4 heteroatoms. The molecular formula is C14H26N4. The van der Waals surface area contributed by atoms with Gasteiger partial charge in [0.2, 0.25) is 0 Å². The molecule has 0 aromatic carbocycles. The Hall–Kier alpha value is -0.630. The Morgan fingerprint density at radius 1 is 1.39 bits per heavy atom. The first-order valence-corrected chi connectivity index (χ1v) is 7.20. The van der Waals surface area contributed by atoms with Crippen molar-refractivity contribution in [3.8, 4) is 6.07 Å². The molecule has 0 amide bonds. The van der Waals surface area contributed by atoms with Gasteiger partial charge in [-0.05, 0) is 52.6 Å². The van der Waals surface area contributed by atoms with Crippen molar-refractivity contribution >= 4 is 0 Å². The van der Waals surface area contributed by atoms with E-state index in [1.807, 2.05) is 6.92 Å². The lowest BCUT2D eigenvalue weighted by Gasteiger charge is -2.30. The predicted octanol–water partition coefficient (Wildman–Crippen LogP) is 1.18. The fraction of sp³-hybridized carbons (Fsp3) is 0.929. The molecule has 0 radical (unpaired) electrons. The van der Waals surface area contributed by atoms with Crippen molar-refractivity contribution in [1.82, 2.24) is 9.80 Å². The number of hydrogen-bond donors (Lipinski definition) is 1. The van der Waals surface area contributed by atoms with Crippen LogP contribution in [-0.2, 0) is 0 Å². The summed E-state index contributed by atoms with van der Waals surface area (Å²) in [5.74, 6) is 0. The van der Waals surface area contributed by atoms with E-state index in [9.17, 15) is 0 Å². The Morgan fingerprint density at radius 2 is 2.06 bits per heavy atom.